The SMILES string of the molecule is Cc1cccc(-c2c(O)c(C)cc(C)c2O)c1. The minimum absolute atomic E-state index is 0.152. The van der Waals surface area contributed by atoms with Gasteiger partial charge >= 0.3 is 0 Å². The summed E-state index contributed by atoms with van der Waals surface area (Å²) < 4.78 is 0. The number of rotatable bonds is 1. The first-order valence-corrected chi connectivity index (χ1v) is 5.60. The van der Waals surface area contributed by atoms with Crippen LogP contribution in [0.4, 0.5) is 0 Å². The molecular formula is C15H16O2. The minimum Gasteiger partial charge on any atom is -0.507 e. The van der Waals surface area contributed by atoms with Gasteiger partial charge in [-0.1, -0.05) is 29.8 Å². The number of hydrogen-bond donors (Lipinski definition) is 2. The normalized spacial score (nSPS) is 10.5. The molecule has 0 bridgehead atoms. The molecule has 2 N–H and O–H groups in total. The lowest BCUT2D eigenvalue weighted by molar-refractivity contribution is 0.449. The third kappa shape index (κ3) is 1.98. The quantitative estimate of drug-likeness (QED) is 0.781. The van der Waals surface area contributed by atoms with Gasteiger partial charge in [-0.05, 0) is 43.5 Å². The van der Waals surface area contributed by atoms with E-state index in [4.69, 9.17) is 0 Å². The first-order valence-electron chi connectivity index (χ1n) is 5.60. The van der Waals surface area contributed by atoms with Crippen LogP contribution in [0.1, 0.15) is 16.7 Å². The lowest BCUT2D eigenvalue weighted by Gasteiger charge is -2.12. The molecule has 2 rings (SSSR count). The maximum absolute atomic E-state index is 10.1. The second-order valence-corrected chi connectivity index (χ2v) is 4.45. The van der Waals surface area contributed by atoms with Crippen LogP contribution in [0.25, 0.3) is 11.1 Å². The molecule has 0 aliphatic heterocycles. The Morgan fingerprint density at radius 3 is 1.94 bits per heavy atom. The zero-order chi connectivity index (χ0) is 12.6. The van der Waals surface area contributed by atoms with Gasteiger partial charge in [0.25, 0.3) is 0 Å². The van der Waals surface area contributed by atoms with Crippen molar-refractivity contribution in [2.24, 2.45) is 0 Å². The Morgan fingerprint density at radius 2 is 1.41 bits per heavy atom. The van der Waals surface area contributed by atoms with E-state index in [1.54, 1.807) is 6.07 Å². The smallest absolute Gasteiger partial charge is 0.130 e. The highest BCUT2D eigenvalue weighted by molar-refractivity contribution is 5.79. The molecule has 0 saturated carbocycles. The summed E-state index contributed by atoms with van der Waals surface area (Å²) in [4.78, 5) is 0. The van der Waals surface area contributed by atoms with Gasteiger partial charge in [0, 0.05) is 0 Å². The fourth-order valence-corrected chi connectivity index (χ4v) is 2.04. The van der Waals surface area contributed by atoms with Crippen LogP contribution in [0.3, 0.4) is 0 Å². The van der Waals surface area contributed by atoms with Gasteiger partial charge in [-0.2, -0.15) is 0 Å². The topological polar surface area (TPSA) is 40.5 Å². The lowest BCUT2D eigenvalue weighted by atomic mass is 9.96. The van der Waals surface area contributed by atoms with E-state index in [2.05, 4.69) is 0 Å². The van der Waals surface area contributed by atoms with Gasteiger partial charge in [-0.3, -0.25) is 0 Å². The zero-order valence-electron chi connectivity index (χ0n) is 10.3. The highest BCUT2D eigenvalue weighted by atomic mass is 16.3. The molecule has 0 spiro atoms. The molecule has 0 heterocycles. The Labute approximate surface area is 101 Å². The number of benzene rings is 2. The average Bonchev–Trinajstić information content (AvgIpc) is 2.27. The molecule has 17 heavy (non-hydrogen) atoms. The van der Waals surface area contributed by atoms with Crippen LogP contribution in [0.2, 0.25) is 0 Å². The van der Waals surface area contributed by atoms with Crippen LogP contribution >= 0.6 is 0 Å². The third-order valence-electron chi connectivity index (χ3n) is 2.96. The molecule has 0 amide bonds. The van der Waals surface area contributed by atoms with Crippen molar-refractivity contribution in [3.05, 3.63) is 47.0 Å². The van der Waals surface area contributed by atoms with Crippen LogP contribution in [0.5, 0.6) is 11.5 Å². The van der Waals surface area contributed by atoms with Crippen LogP contribution in [-0.4, -0.2) is 10.2 Å². The third-order valence-corrected chi connectivity index (χ3v) is 2.96. The van der Waals surface area contributed by atoms with Crippen molar-refractivity contribution in [1.29, 1.82) is 0 Å². The van der Waals surface area contributed by atoms with Crippen molar-refractivity contribution in [2.45, 2.75) is 20.8 Å². The number of aromatic hydroxyl groups is 2. The predicted molar refractivity (Wildman–Crippen MR) is 69.4 cm³/mol. The Morgan fingerprint density at radius 1 is 0.824 bits per heavy atom. The van der Waals surface area contributed by atoms with Gasteiger partial charge < -0.3 is 10.2 Å². The highest BCUT2D eigenvalue weighted by Crippen LogP contribution is 2.41. The summed E-state index contributed by atoms with van der Waals surface area (Å²) in [5.41, 5.74) is 4.01. The van der Waals surface area contributed by atoms with E-state index in [0.717, 1.165) is 22.3 Å². The molecule has 2 aromatic carbocycles. The molecule has 88 valence electrons. The van der Waals surface area contributed by atoms with Crippen molar-refractivity contribution in [3.63, 3.8) is 0 Å². The number of phenolic OH excluding ortho intramolecular Hbond substituents is 2. The van der Waals surface area contributed by atoms with E-state index in [1.807, 2.05) is 45.0 Å². The molecular weight excluding hydrogens is 212 g/mol. The summed E-state index contributed by atoms with van der Waals surface area (Å²) in [6.07, 6.45) is 0. The Balaban J connectivity index is 2.75. The minimum atomic E-state index is 0.152. The molecule has 0 saturated heterocycles. The van der Waals surface area contributed by atoms with Gasteiger partial charge in [-0.15, -0.1) is 0 Å². The van der Waals surface area contributed by atoms with Crippen molar-refractivity contribution >= 4 is 0 Å². The van der Waals surface area contributed by atoms with Crippen LogP contribution in [0, 0.1) is 20.8 Å². The first kappa shape index (κ1) is 11.5. The van der Waals surface area contributed by atoms with E-state index in [1.165, 1.54) is 0 Å². The average molecular weight is 228 g/mol. The second-order valence-electron chi connectivity index (χ2n) is 4.45. The van der Waals surface area contributed by atoms with Crippen molar-refractivity contribution < 1.29 is 10.2 Å². The molecule has 0 radical (unpaired) electrons. The highest BCUT2D eigenvalue weighted by Gasteiger charge is 2.14. The summed E-state index contributed by atoms with van der Waals surface area (Å²) in [5, 5.41) is 20.2. The van der Waals surface area contributed by atoms with Gasteiger partial charge in [0.1, 0.15) is 11.5 Å². The lowest BCUT2D eigenvalue weighted by Crippen LogP contribution is -1.88. The molecule has 2 heteroatoms. The Hall–Kier alpha value is -1.96. The molecule has 0 aliphatic rings. The molecule has 0 unspecified atom stereocenters. The van der Waals surface area contributed by atoms with E-state index >= 15 is 0 Å². The van der Waals surface area contributed by atoms with E-state index in [9.17, 15) is 10.2 Å². The maximum Gasteiger partial charge on any atom is 0.130 e. The molecule has 0 atom stereocenters. The monoisotopic (exact) mass is 228 g/mol. The molecule has 2 nitrogen and oxygen atoms in total. The van der Waals surface area contributed by atoms with E-state index in [0.29, 0.717) is 5.56 Å². The van der Waals surface area contributed by atoms with Gasteiger partial charge in [0.2, 0.25) is 0 Å². The summed E-state index contributed by atoms with van der Waals surface area (Å²) in [6.45, 7) is 5.66. The molecule has 0 aliphatic carbocycles. The van der Waals surface area contributed by atoms with E-state index in [-0.39, 0.29) is 11.5 Å². The largest absolute Gasteiger partial charge is 0.507 e. The summed E-state index contributed by atoms with van der Waals surface area (Å²) in [6, 6.07) is 9.53. The number of aryl methyl sites for hydroxylation is 3. The van der Waals surface area contributed by atoms with E-state index < -0.39 is 0 Å². The second kappa shape index (κ2) is 4.13. The number of phenols is 2. The zero-order valence-corrected chi connectivity index (χ0v) is 10.3. The Bertz CT molecular complexity index is 545. The number of hydrogen-bond acceptors (Lipinski definition) is 2. The first-order chi connectivity index (χ1) is 8.00. The maximum atomic E-state index is 10.1. The van der Waals surface area contributed by atoms with Crippen molar-refractivity contribution in [3.8, 4) is 22.6 Å². The van der Waals surface area contributed by atoms with Crippen molar-refractivity contribution in [1.82, 2.24) is 0 Å². The fraction of sp³-hybridized carbons (Fsp3) is 0.200. The van der Waals surface area contributed by atoms with Gasteiger partial charge in [-0.25, -0.2) is 0 Å². The van der Waals surface area contributed by atoms with Gasteiger partial charge in [0.15, 0.2) is 0 Å². The van der Waals surface area contributed by atoms with Crippen LogP contribution in [0.15, 0.2) is 30.3 Å². The molecule has 0 aromatic heterocycles. The fourth-order valence-electron chi connectivity index (χ4n) is 2.04. The van der Waals surface area contributed by atoms with Gasteiger partial charge in [0.05, 0.1) is 5.56 Å². The predicted octanol–water partition coefficient (Wildman–Crippen LogP) is 3.69. The van der Waals surface area contributed by atoms with Crippen LogP contribution < -0.4 is 0 Å². The Kier molecular flexibility index (Phi) is 2.80. The standard InChI is InChI=1S/C15H16O2/c1-9-5-4-6-12(7-9)13-14(16)10(2)8-11(3)15(13)17/h4-8,16-17H,1-3H3. The summed E-state index contributed by atoms with van der Waals surface area (Å²) in [7, 11) is 0. The molecule has 2 aromatic rings. The summed E-state index contributed by atoms with van der Waals surface area (Å²) >= 11 is 0. The van der Waals surface area contributed by atoms with Crippen molar-refractivity contribution in [2.75, 3.05) is 0 Å². The summed E-state index contributed by atoms with van der Waals surface area (Å²) in [5.74, 6) is 0.303. The molecule has 0 fully saturated rings. The van der Waals surface area contributed by atoms with Crippen LogP contribution in [-0.2, 0) is 0 Å².